The molecule has 13 heavy (non-hydrogen) atoms. The second kappa shape index (κ2) is 5.57. The number of nitrogens with zero attached hydrogens (tertiary/aromatic N) is 1. The zero-order valence-electron chi connectivity index (χ0n) is 8.66. The van der Waals surface area contributed by atoms with E-state index >= 15 is 0 Å². The van der Waals surface area contributed by atoms with Gasteiger partial charge >= 0.3 is 0 Å². The molecule has 0 spiro atoms. The van der Waals surface area contributed by atoms with Crippen molar-refractivity contribution in [2.45, 2.75) is 32.7 Å². The zero-order chi connectivity index (χ0) is 10.5. The number of rotatable bonds is 6. The van der Waals surface area contributed by atoms with Gasteiger partial charge in [-0.1, -0.05) is 13.3 Å². The summed E-state index contributed by atoms with van der Waals surface area (Å²) in [6, 6.07) is -0.109. The summed E-state index contributed by atoms with van der Waals surface area (Å²) in [6.07, 6.45) is 1.61. The van der Waals surface area contributed by atoms with Crippen LogP contribution >= 0.6 is 0 Å². The van der Waals surface area contributed by atoms with Gasteiger partial charge < -0.3 is 5.73 Å². The largest absolute Gasteiger partial charge is 0.329 e. The van der Waals surface area contributed by atoms with Crippen molar-refractivity contribution in [1.82, 2.24) is 4.31 Å². The minimum atomic E-state index is -3.08. The molecule has 0 saturated carbocycles. The van der Waals surface area contributed by atoms with Gasteiger partial charge in [0.15, 0.2) is 0 Å². The van der Waals surface area contributed by atoms with Crippen LogP contribution in [-0.4, -0.2) is 38.1 Å². The van der Waals surface area contributed by atoms with Crippen LogP contribution in [0.25, 0.3) is 0 Å². The average Bonchev–Trinajstić information content (AvgIpc) is 2.12. The van der Waals surface area contributed by atoms with Crippen molar-refractivity contribution in [3.05, 3.63) is 0 Å². The molecular formula is C8H20N2O2S. The lowest BCUT2D eigenvalue weighted by Crippen LogP contribution is -2.40. The van der Waals surface area contributed by atoms with Crippen molar-refractivity contribution in [2.75, 3.05) is 19.3 Å². The summed E-state index contributed by atoms with van der Waals surface area (Å²) < 4.78 is 24.5. The zero-order valence-corrected chi connectivity index (χ0v) is 9.47. The van der Waals surface area contributed by atoms with Crippen LogP contribution in [-0.2, 0) is 10.0 Å². The molecule has 0 saturated heterocycles. The monoisotopic (exact) mass is 208 g/mol. The summed E-state index contributed by atoms with van der Waals surface area (Å²) in [7, 11) is -1.49. The van der Waals surface area contributed by atoms with Gasteiger partial charge in [-0.15, -0.1) is 0 Å². The molecule has 4 nitrogen and oxygen atoms in total. The second-order valence-electron chi connectivity index (χ2n) is 3.27. The highest BCUT2D eigenvalue weighted by molar-refractivity contribution is 7.89. The minimum Gasteiger partial charge on any atom is -0.329 e. The van der Waals surface area contributed by atoms with Gasteiger partial charge in [0.25, 0.3) is 0 Å². The third-order valence-corrected chi connectivity index (χ3v) is 4.20. The molecule has 0 aliphatic carbocycles. The molecule has 0 heterocycles. The van der Waals surface area contributed by atoms with Crippen molar-refractivity contribution in [2.24, 2.45) is 5.73 Å². The number of sulfonamides is 1. The van der Waals surface area contributed by atoms with Gasteiger partial charge in [-0.3, -0.25) is 0 Å². The standard InChI is InChI=1S/C8H20N2O2S/c1-4-5-6-13(11,12)10(3)8(2)7-9/h8H,4-7,9H2,1-3H3. The highest BCUT2D eigenvalue weighted by Crippen LogP contribution is 2.05. The van der Waals surface area contributed by atoms with E-state index in [1.807, 2.05) is 13.8 Å². The molecule has 0 rings (SSSR count). The Labute approximate surface area is 81.2 Å². The van der Waals surface area contributed by atoms with Gasteiger partial charge in [-0.2, -0.15) is 0 Å². The van der Waals surface area contributed by atoms with E-state index in [1.54, 1.807) is 7.05 Å². The van der Waals surface area contributed by atoms with Gasteiger partial charge in [0.2, 0.25) is 10.0 Å². The molecule has 80 valence electrons. The molecule has 0 aliphatic rings. The Kier molecular flexibility index (Phi) is 5.51. The number of likely N-dealkylation sites (N-methyl/N-ethyl adjacent to an activating group) is 1. The third-order valence-electron chi connectivity index (χ3n) is 2.16. The van der Waals surface area contributed by atoms with Crippen molar-refractivity contribution in [3.63, 3.8) is 0 Å². The van der Waals surface area contributed by atoms with E-state index in [2.05, 4.69) is 0 Å². The topological polar surface area (TPSA) is 63.4 Å². The Bertz CT molecular complexity index is 226. The lowest BCUT2D eigenvalue weighted by molar-refractivity contribution is 0.394. The third kappa shape index (κ3) is 4.06. The molecule has 1 atom stereocenters. The highest BCUT2D eigenvalue weighted by atomic mass is 32.2. The van der Waals surface area contributed by atoms with Crippen molar-refractivity contribution >= 4 is 10.0 Å². The number of hydrogen-bond acceptors (Lipinski definition) is 3. The minimum absolute atomic E-state index is 0.109. The summed E-state index contributed by atoms with van der Waals surface area (Å²) in [5.74, 6) is 0.227. The molecule has 0 amide bonds. The van der Waals surface area contributed by atoms with Crippen LogP contribution in [0, 0.1) is 0 Å². The first-order valence-corrected chi connectivity index (χ1v) is 6.22. The summed E-state index contributed by atoms with van der Waals surface area (Å²) in [5.41, 5.74) is 5.39. The fourth-order valence-electron chi connectivity index (χ4n) is 0.893. The Balaban J connectivity index is 4.28. The van der Waals surface area contributed by atoms with Gasteiger partial charge in [-0.05, 0) is 13.3 Å². The normalized spacial score (nSPS) is 14.8. The van der Waals surface area contributed by atoms with Crippen molar-refractivity contribution in [1.29, 1.82) is 0 Å². The van der Waals surface area contributed by atoms with E-state index in [9.17, 15) is 8.42 Å². The molecule has 0 aliphatic heterocycles. The fourth-order valence-corrected chi connectivity index (χ4v) is 2.47. The number of unbranched alkanes of at least 4 members (excludes halogenated alkanes) is 1. The quantitative estimate of drug-likeness (QED) is 0.687. The van der Waals surface area contributed by atoms with E-state index in [0.717, 1.165) is 6.42 Å². The summed E-state index contributed by atoms with van der Waals surface area (Å²) in [5, 5.41) is 0. The van der Waals surface area contributed by atoms with Gasteiger partial charge in [0.1, 0.15) is 0 Å². The first-order valence-electron chi connectivity index (χ1n) is 4.61. The van der Waals surface area contributed by atoms with E-state index in [-0.39, 0.29) is 11.8 Å². The van der Waals surface area contributed by atoms with E-state index in [4.69, 9.17) is 5.73 Å². The van der Waals surface area contributed by atoms with Crippen molar-refractivity contribution in [3.8, 4) is 0 Å². The first-order chi connectivity index (χ1) is 5.95. The van der Waals surface area contributed by atoms with Crippen molar-refractivity contribution < 1.29 is 8.42 Å². The smallest absolute Gasteiger partial charge is 0.214 e. The lowest BCUT2D eigenvalue weighted by Gasteiger charge is -2.22. The predicted molar refractivity (Wildman–Crippen MR) is 55.0 cm³/mol. The molecule has 0 aromatic rings. The van der Waals surface area contributed by atoms with Crippen LogP contribution in [0.5, 0.6) is 0 Å². The highest BCUT2D eigenvalue weighted by Gasteiger charge is 2.21. The predicted octanol–water partition coefficient (Wildman–Crippen LogP) is 0.395. The van der Waals surface area contributed by atoms with E-state index in [0.29, 0.717) is 13.0 Å². The maximum atomic E-state index is 11.6. The van der Waals surface area contributed by atoms with Crippen LogP contribution in [0.2, 0.25) is 0 Å². The van der Waals surface area contributed by atoms with E-state index < -0.39 is 10.0 Å². The second-order valence-corrected chi connectivity index (χ2v) is 5.42. The molecule has 0 aromatic carbocycles. The van der Waals surface area contributed by atoms with Gasteiger partial charge in [0, 0.05) is 19.6 Å². The van der Waals surface area contributed by atoms with Gasteiger partial charge in [-0.25, -0.2) is 12.7 Å². The fraction of sp³-hybridized carbons (Fsp3) is 1.00. The van der Waals surface area contributed by atoms with Crippen LogP contribution < -0.4 is 5.73 Å². The molecule has 0 radical (unpaired) electrons. The Morgan fingerprint density at radius 2 is 2.00 bits per heavy atom. The molecule has 0 aromatic heterocycles. The Morgan fingerprint density at radius 1 is 1.46 bits per heavy atom. The number of nitrogens with two attached hydrogens (primary N) is 1. The molecule has 2 N–H and O–H groups in total. The Morgan fingerprint density at radius 3 is 2.38 bits per heavy atom. The maximum absolute atomic E-state index is 11.6. The molecule has 0 bridgehead atoms. The summed E-state index contributed by atoms with van der Waals surface area (Å²) in [4.78, 5) is 0. The SMILES string of the molecule is CCCCS(=O)(=O)N(C)C(C)CN. The van der Waals surface area contributed by atoms with Gasteiger partial charge in [0.05, 0.1) is 5.75 Å². The van der Waals surface area contributed by atoms with Crippen LogP contribution in [0.15, 0.2) is 0 Å². The van der Waals surface area contributed by atoms with Crippen LogP contribution in [0.3, 0.4) is 0 Å². The average molecular weight is 208 g/mol. The van der Waals surface area contributed by atoms with Crippen LogP contribution in [0.1, 0.15) is 26.7 Å². The maximum Gasteiger partial charge on any atom is 0.214 e. The Hall–Kier alpha value is -0.130. The molecular weight excluding hydrogens is 188 g/mol. The summed E-state index contributed by atoms with van der Waals surface area (Å²) in [6.45, 7) is 4.15. The lowest BCUT2D eigenvalue weighted by atomic mass is 10.4. The molecule has 1 unspecified atom stereocenters. The molecule has 0 fully saturated rings. The number of hydrogen-bond donors (Lipinski definition) is 1. The first kappa shape index (κ1) is 12.9. The molecule has 5 heteroatoms. The van der Waals surface area contributed by atoms with Crippen LogP contribution in [0.4, 0.5) is 0 Å². The van der Waals surface area contributed by atoms with E-state index in [1.165, 1.54) is 4.31 Å². The summed E-state index contributed by atoms with van der Waals surface area (Å²) >= 11 is 0.